The average molecular weight is 565 g/mol. The van der Waals surface area contributed by atoms with Gasteiger partial charge in [-0.25, -0.2) is 9.59 Å². The van der Waals surface area contributed by atoms with E-state index in [4.69, 9.17) is 4.74 Å². The van der Waals surface area contributed by atoms with Gasteiger partial charge >= 0.3 is 12.1 Å². The van der Waals surface area contributed by atoms with Gasteiger partial charge in [0.1, 0.15) is 12.1 Å². The molecule has 1 rings (SSSR count). The van der Waals surface area contributed by atoms with Crippen molar-refractivity contribution in [3.63, 3.8) is 0 Å². The molecule has 8 heteroatoms. The van der Waals surface area contributed by atoms with Crippen LogP contribution in [0.15, 0.2) is 34.9 Å². The first-order valence-corrected chi connectivity index (χ1v) is 14.9. The van der Waals surface area contributed by atoms with E-state index in [1.807, 2.05) is 0 Å². The zero-order valence-corrected chi connectivity index (χ0v) is 25.9. The van der Waals surface area contributed by atoms with Crippen molar-refractivity contribution < 1.29 is 24.2 Å². The maximum atomic E-state index is 13.2. The Labute approximate surface area is 241 Å². The molecule has 1 saturated carbocycles. The van der Waals surface area contributed by atoms with Crippen LogP contribution in [-0.4, -0.2) is 40.1 Å². The van der Waals surface area contributed by atoms with Crippen LogP contribution >= 0.6 is 12.6 Å². The predicted octanol–water partition coefficient (Wildman–Crippen LogP) is 7.49. The minimum atomic E-state index is -1.07. The van der Waals surface area contributed by atoms with E-state index in [1.54, 1.807) is 13.8 Å². The van der Waals surface area contributed by atoms with Crippen LogP contribution in [-0.2, 0) is 14.3 Å². The van der Waals surface area contributed by atoms with Gasteiger partial charge in [0, 0.05) is 0 Å². The number of amides is 2. The summed E-state index contributed by atoms with van der Waals surface area (Å²) in [4.78, 5) is 36.5. The molecule has 0 heterocycles. The summed E-state index contributed by atoms with van der Waals surface area (Å²) in [6, 6.07) is -1.85. The molecule has 1 aliphatic rings. The van der Waals surface area contributed by atoms with Gasteiger partial charge in [0.25, 0.3) is 0 Å². The fraction of sp³-hybridized carbons (Fsp3) is 0.710. The number of nitrogens with one attached hydrogen (secondary N) is 2. The zero-order chi connectivity index (χ0) is 29.4. The standard InChI is InChI=1S/C31H52N2O5S/c1-22(2)14-12-16-24(4)18-13-17-23(3)15-10-11-21-26(29(35)36)32-28(34)27(25-19-8-7-9-20-25)33-30(37)38-31(5,6)39/h14-15,18,25-27,39H,7-13,16-17,19-21H2,1-6H3,(H,32,34)(H,33,37)(H,35,36)/b23-15+,24-18+/t26-,27+/m1/s1. The van der Waals surface area contributed by atoms with E-state index in [9.17, 15) is 19.5 Å². The van der Waals surface area contributed by atoms with E-state index in [-0.39, 0.29) is 5.92 Å². The lowest BCUT2D eigenvalue weighted by Crippen LogP contribution is -2.55. The van der Waals surface area contributed by atoms with E-state index in [2.05, 4.69) is 69.2 Å². The molecule has 0 aliphatic heterocycles. The Bertz CT molecular complexity index is 878. The minimum Gasteiger partial charge on any atom is -0.480 e. The van der Waals surface area contributed by atoms with Crippen molar-refractivity contribution >= 4 is 30.6 Å². The summed E-state index contributed by atoms with van der Waals surface area (Å²) in [5.41, 5.74) is 4.04. The molecule has 0 radical (unpaired) electrons. The molecule has 3 N–H and O–H groups in total. The topological polar surface area (TPSA) is 105 Å². The fourth-order valence-corrected chi connectivity index (χ4v) is 4.86. The number of carboxylic acid groups (broad SMARTS) is 1. The van der Waals surface area contributed by atoms with Crippen LogP contribution in [0.2, 0.25) is 0 Å². The lowest BCUT2D eigenvalue weighted by Gasteiger charge is -2.31. The third-order valence-corrected chi connectivity index (χ3v) is 7.04. The molecule has 0 aromatic carbocycles. The molecule has 2 amide bonds. The minimum absolute atomic E-state index is 0.0562. The van der Waals surface area contributed by atoms with E-state index >= 15 is 0 Å². The highest BCUT2D eigenvalue weighted by atomic mass is 32.1. The molecular formula is C31H52N2O5S. The maximum Gasteiger partial charge on any atom is 0.409 e. The molecule has 1 fully saturated rings. The van der Waals surface area contributed by atoms with Crippen molar-refractivity contribution in [2.75, 3.05) is 0 Å². The van der Waals surface area contributed by atoms with Crippen molar-refractivity contribution in [3.05, 3.63) is 34.9 Å². The quantitative estimate of drug-likeness (QED) is 0.0673. The van der Waals surface area contributed by atoms with Crippen LogP contribution in [0.1, 0.15) is 119 Å². The first kappa shape index (κ1) is 34.8. The van der Waals surface area contributed by atoms with Crippen molar-refractivity contribution in [2.24, 2.45) is 5.92 Å². The predicted molar refractivity (Wildman–Crippen MR) is 162 cm³/mol. The normalized spacial score (nSPS) is 16.7. The number of alkyl carbamates (subject to hydrolysis) is 1. The molecule has 7 nitrogen and oxygen atoms in total. The molecule has 0 aromatic rings. The molecule has 39 heavy (non-hydrogen) atoms. The van der Waals surface area contributed by atoms with Crippen LogP contribution in [0.5, 0.6) is 0 Å². The second-order valence-electron chi connectivity index (χ2n) is 11.6. The van der Waals surface area contributed by atoms with Crippen LogP contribution in [0.3, 0.4) is 0 Å². The number of unbranched alkanes of at least 4 members (excludes halogenated alkanes) is 1. The summed E-state index contributed by atoms with van der Waals surface area (Å²) in [6.45, 7) is 11.8. The number of allylic oxidation sites excluding steroid dienone is 6. The molecular weight excluding hydrogens is 512 g/mol. The molecule has 2 atom stereocenters. The van der Waals surface area contributed by atoms with E-state index in [1.165, 1.54) is 16.7 Å². The first-order chi connectivity index (χ1) is 18.3. The molecule has 0 saturated heterocycles. The van der Waals surface area contributed by atoms with Gasteiger partial charge in [-0.2, -0.15) is 0 Å². The highest BCUT2D eigenvalue weighted by molar-refractivity contribution is 7.81. The summed E-state index contributed by atoms with van der Waals surface area (Å²) in [7, 11) is 0. The second kappa shape index (κ2) is 18.2. The highest BCUT2D eigenvalue weighted by Gasteiger charge is 2.34. The Kier molecular flexibility index (Phi) is 16.2. The van der Waals surface area contributed by atoms with Gasteiger partial charge in [-0.15, -0.1) is 12.6 Å². The number of thiol groups is 1. The summed E-state index contributed by atoms with van der Waals surface area (Å²) >= 11 is 4.21. The van der Waals surface area contributed by atoms with E-state index in [0.29, 0.717) is 12.8 Å². The number of hydrogen-bond acceptors (Lipinski definition) is 5. The van der Waals surface area contributed by atoms with Gasteiger partial charge in [-0.1, -0.05) is 54.2 Å². The summed E-state index contributed by atoms with van der Waals surface area (Å²) in [6.07, 6.45) is 16.5. The average Bonchev–Trinajstić information content (AvgIpc) is 2.83. The molecule has 222 valence electrons. The maximum absolute atomic E-state index is 13.2. The molecule has 0 spiro atoms. The molecule has 1 aliphatic carbocycles. The number of carbonyl (C=O) groups excluding carboxylic acids is 2. The summed E-state index contributed by atoms with van der Waals surface area (Å²) in [5.74, 6) is -1.60. The number of aliphatic carboxylic acids is 1. The Morgan fingerprint density at radius 1 is 0.923 bits per heavy atom. The zero-order valence-electron chi connectivity index (χ0n) is 25.0. The van der Waals surface area contributed by atoms with Crippen LogP contribution in [0, 0.1) is 5.92 Å². The third-order valence-electron chi connectivity index (χ3n) is 6.95. The van der Waals surface area contributed by atoms with Gasteiger partial charge in [0.05, 0.1) is 0 Å². The molecule has 0 aromatic heterocycles. The number of carbonyl (C=O) groups is 3. The largest absolute Gasteiger partial charge is 0.480 e. The number of carboxylic acids is 1. The smallest absolute Gasteiger partial charge is 0.409 e. The van der Waals surface area contributed by atoms with Crippen LogP contribution in [0.4, 0.5) is 4.79 Å². The van der Waals surface area contributed by atoms with Crippen molar-refractivity contribution in [2.45, 2.75) is 136 Å². The number of ether oxygens (including phenoxy) is 1. The van der Waals surface area contributed by atoms with Crippen LogP contribution < -0.4 is 10.6 Å². The van der Waals surface area contributed by atoms with E-state index < -0.39 is 35.0 Å². The van der Waals surface area contributed by atoms with Crippen molar-refractivity contribution in [1.82, 2.24) is 10.6 Å². The number of hydrogen-bond donors (Lipinski definition) is 4. The van der Waals surface area contributed by atoms with Gasteiger partial charge in [0.2, 0.25) is 5.91 Å². The van der Waals surface area contributed by atoms with Gasteiger partial charge in [-0.05, 0) is 105 Å². The van der Waals surface area contributed by atoms with Crippen LogP contribution in [0.25, 0.3) is 0 Å². The van der Waals surface area contributed by atoms with Gasteiger partial charge < -0.3 is 20.5 Å². The Hall–Kier alpha value is -2.22. The fourth-order valence-electron chi connectivity index (χ4n) is 4.78. The Morgan fingerprint density at radius 3 is 2.03 bits per heavy atom. The summed E-state index contributed by atoms with van der Waals surface area (Å²) < 4.78 is 5.24. The lowest BCUT2D eigenvalue weighted by atomic mass is 9.83. The molecule has 0 unspecified atom stereocenters. The van der Waals surface area contributed by atoms with Gasteiger partial charge in [-0.3, -0.25) is 4.79 Å². The lowest BCUT2D eigenvalue weighted by molar-refractivity contribution is -0.142. The van der Waals surface area contributed by atoms with Crippen molar-refractivity contribution in [1.29, 1.82) is 0 Å². The van der Waals surface area contributed by atoms with Gasteiger partial charge in [0.15, 0.2) is 4.93 Å². The first-order valence-electron chi connectivity index (χ1n) is 14.5. The monoisotopic (exact) mass is 564 g/mol. The third kappa shape index (κ3) is 16.5. The summed E-state index contributed by atoms with van der Waals surface area (Å²) in [5, 5.41) is 15.1. The van der Waals surface area contributed by atoms with E-state index in [0.717, 1.165) is 64.2 Å². The highest BCUT2D eigenvalue weighted by Crippen LogP contribution is 2.27. The SMILES string of the molecule is CC(C)=CCC/C(C)=C/CC/C(C)=C/CCC[C@@H](NC(=O)[C@@H](NC(=O)OC(C)(C)S)C1CCCCC1)C(=O)O. The Balaban J connectivity index is 2.62. The molecule has 0 bridgehead atoms. The van der Waals surface area contributed by atoms with Crippen molar-refractivity contribution in [3.8, 4) is 0 Å². The number of rotatable bonds is 16. The second-order valence-corrected chi connectivity index (χ2v) is 12.7. The Morgan fingerprint density at radius 2 is 1.49 bits per heavy atom.